The van der Waals surface area contributed by atoms with Gasteiger partial charge < -0.3 is 15.3 Å². The third-order valence-electron chi connectivity index (χ3n) is 5.70. The molecule has 2 aliphatic rings. The number of amides is 2. The number of carbonyl (C=O) groups excluding carboxylic acids is 2. The average Bonchev–Trinajstić information content (AvgIpc) is 3.28. The molecule has 4 rings (SSSR count). The predicted molar refractivity (Wildman–Crippen MR) is 96.9 cm³/mol. The molecule has 0 unspecified atom stereocenters. The number of nitrogens with one attached hydrogen (secondary N) is 3. The zero-order chi connectivity index (χ0) is 18.3. The lowest BCUT2D eigenvalue weighted by Crippen LogP contribution is -2.49. The SMILES string of the molecule is CCC[C@@H]1N(C(=O)Cc2c[nH][nH]c2=O)CC[C@]12C(=O)Nc1ccccc12. The van der Waals surface area contributed by atoms with Crippen molar-refractivity contribution >= 4 is 17.5 Å². The van der Waals surface area contributed by atoms with Gasteiger partial charge in [-0.05, 0) is 24.5 Å². The highest BCUT2D eigenvalue weighted by Crippen LogP contribution is 2.49. The van der Waals surface area contributed by atoms with Crippen molar-refractivity contribution in [3.05, 3.63) is 51.9 Å². The lowest BCUT2D eigenvalue weighted by Gasteiger charge is -2.34. The molecule has 2 amide bonds. The summed E-state index contributed by atoms with van der Waals surface area (Å²) in [7, 11) is 0. The van der Waals surface area contributed by atoms with Gasteiger partial charge in [0.15, 0.2) is 0 Å². The maximum atomic E-state index is 13.0. The van der Waals surface area contributed by atoms with Crippen LogP contribution in [0, 0.1) is 0 Å². The summed E-state index contributed by atoms with van der Waals surface area (Å²) in [5.74, 6) is -0.130. The monoisotopic (exact) mass is 354 g/mol. The van der Waals surface area contributed by atoms with E-state index in [9.17, 15) is 14.4 Å². The zero-order valence-corrected chi connectivity index (χ0v) is 14.7. The number of anilines is 1. The number of para-hydroxylation sites is 1. The van der Waals surface area contributed by atoms with Crippen LogP contribution in [0.3, 0.4) is 0 Å². The van der Waals surface area contributed by atoms with Crippen LogP contribution in [0.1, 0.15) is 37.3 Å². The fourth-order valence-electron chi connectivity index (χ4n) is 4.51. The first-order chi connectivity index (χ1) is 12.6. The van der Waals surface area contributed by atoms with Crippen LogP contribution >= 0.6 is 0 Å². The number of fused-ring (bicyclic) bond motifs is 2. The van der Waals surface area contributed by atoms with E-state index in [0.717, 1.165) is 24.1 Å². The minimum absolute atomic E-state index is 0.0214. The number of hydrogen-bond acceptors (Lipinski definition) is 3. The molecule has 0 radical (unpaired) electrons. The van der Waals surface area contributed by atoms with Crippen molar-refractivity contribution in [2.75, 3.05) is 11.9 Å². The number of H-pyrrole nitrogens is 2. The van der Waals surface area contributed by atoms with Crippen molar-refractivity contribution in [3.63, 3.8) is 0 Å². The summed E-state index contributed by atoms with van der Waals surface area (Å²) in [5, 5.41) is 8.08. The van der Waals surface area contributed by atoms with Gasteiger partial charge in [-0.2, -0.15) is 0 Å². The van der Waals surface area contributed by atoms with Crippen LogP contribution in [0.5, 0.6) is 0 Å². The number of nitrogens with zero attached hydrogens (tertiary/aromatic N) is 1. The summed E-state index contributed by atoms with van der Waals surface area (Å²) in [6.07, 6.45) is 3.79. The molecule has 7 nitrogen and oxygen atoms in total. The Hall–Kier alpha value is -2.83. The second-order valence-corrected chi connectivity index (χ2v) is 7.06. The molecule has 0 saturated carbocycles. The molecule has 3 heterocycles. The molecule has 1 aromatic carbocycles. The van der Waals surface area contributed by atoms with Gasteiger partial charge >= 0.3 is 0 Å². The third-order valence-corrected chi connectivity index (χ3v) is 5.70. The highest BCUT2D eigenvalue weighted by Gasteiger charge is 2.58. The highest BCUT2D eigenvalue weighted by atomic mass is 16.2. The lowest BCUT2D eigenvalue weighted by atomic mass is 9.73. The maximum absolute atomic E-state index is 13.0. The standard InChI is InChI=1S/C19H22N4O3/c1-2-5-15-19(13-6-3-4-7-14(13)21-18(19)26)8-9-23(15)16(24)10-12-11-20-22-17(12)25/h3-4,6-7,11,15H,2,5,8-10H2,1H3,(H,21,26)(H2,20,22,25)/t15-,19+/m0/s1. The van der Waals surface area contributed by atoms with Crippen LogP contribution in [0.15, 0.2) is 35.3 Å². The van der Waals surface area contributed by atoms with Crippen molar-refractivity contribution in [2.45, 2.75) is 44.1 Å². The Morgan fingerprint density at radius 3 is 2.85 bits per heavy atom. The summed E-state index contributed by atoms with van der Waals surface area (Å²) < 4.78 is 0. The Kier molecular flexibility index (Phi) is 3.94. The zero-order valence-electron chi connectivity index (χ0n) is 14.7. The highest BCUT2D eigenvalue weighted by molar-refractivity contribution is 6.07. The molecule has 0 bridgehead atoms. The quantitative estimate of drug-likeness (QED) is 0.777. The Morgan fingerprint density at radius 1 is 1.31 bits per heavy atom. The Balaban J connectivity index is 1.69. The molecule has 1 saturated heterocycles. The molecule has 1 fully saturated rings. The topological polar surface area (TPSA) is 98.1 Å². The molecule has 2 aliphatic heterocycles. The van der Waals surface area contributed by atoms with E-state index in [1.807, 2.05) is 24.3 Å². The molecular weight excluding hydrogens is 332 g/mol. The Bertz CT molecular complexity index is 915. The van der Waals surface area contributed by atoms with Crippen molar-refractivity contribution in [3.8, 4) is 0 Å². The minimum Gasteiger partial charge on any atom is -0.338 e. The first-order valence-electron chi connectivity index (χ1n) is 9.03. The fourth-order valence-corrected chi connectivity index (χ4v) is 4.51. The molecular formula is C19H22N4O3. The van der Waals surface area contributed by atoms with Crippen LogP contribution in [-0.2, 0) is 21.4 Å². The van der Waals surface area contributed by atoms with E-state index in [0.29, 0.717) is 18.5 Å². The maximum Gasteiger partial charge on any atom is 0.267 e. The number of benzene rings is 1. The van der Waals surface area contributed by atoms with Crippen LogP contribution < -0.4 is 10.9 Å². The van der Waals surface area contributed by atoms with E-state index in [1.165, 1.54) is 6.20 Å². The van der Waals surface area contributed by atoms with E-state index in [4.69, 9.17) is 0 Å². The van der Waals surface area contributed by atoms with E-state index < -0.39 is 5.41 Å². The predicted octanol–water partition coefficient (Wildman–Crippen LogP) is 1.54. The van der Waals surface area contributed by atoms with Crippen LogP contribution in [-0.4, -0.2) is 39.5 Å². The lowest BCUT2D eigenvalue weighted by molar-refractivity contribution is -0.132. The van der Waals surface area contributed by atoms with Gasteiger partial charge in [-0.1, -0.05) is 31.5 Å². The summed E-state index contributed by atoms with van der Waals surface area (Å²) in [4.78, 5) is 39.4. The van der Waals surface area contributed by atoms with Gasteiger partial charge in [0.05, 0.1) is 17.9 Å². The van der Waals surface area contributed by atoms with Crippen molar-refractivity contribution in [2.24, 2.45) is 0 Å². The number of likely N-dealkylation sites (tertiary alicyclic amines) is 1. The third kappa shape index (κ3) is 2.30. The summed E-state index contributed by atoms with van der Waals surface area (Å²) in [6, 6.07) is 7.55. The van der Waals surface area contributed by atoms with E-state index >= 15 is 0 Å². The normalized spacial score (nSPS) is 24.1. The largest absolute Gasteiger partial charge is 0.338 e. The van der Waals surface area contributed by atoms with Crippen LogP contribution in [0.25, 0.3) is 0 Å². The van der Waals surface area contributed by atoms with Gasteiger partial charge in [0.2, 0.25) is 11.8 Å². The summed E-state index contributed by atoms with van der Waals surface area (Å²) in [5.41, 5.74) is 1.28. The minimum atomic E-state index is -0.688. The smallest absolute Gasteiger partial charge is 0.267 e. The van der Waals surface area contributed by atoms with Gasteiger partial charge in [0, 0.05) is 24.0 Å². The second-order valence-electron chi connectivity index (χ2n) is 7.06. The first kappa shape index (κ1) is 16.6. The van der Waals surface area contributed by atoms with Gasteiger partial charge in [0.1, 0.15) is 0 Å². The number of aromatic amines is 2. The van der Waals surface area contributed by atoms with Crippen LogP contribution in [0.2, 0.25) is 0 Å². The van der Waals surface area contributed by atoms with Crippen LogP contribution in [0.4, 0.5) is 5.69 Å². The molecule has 0 aliphatic carbocycles. The molecule has 7 heteroatoms. The first-order valence-corrected chi connectivity index (χ1v) is 9.03. The second kappa shape index (κ2) is 6.16. The van der Waals surface area contributed by atoms with Crippen molar-refractivity contribution in [1.82, 2.24) is 15.1 Å². The molecule has 2 atom stereocenters. The Morgan fingerprint density at radius 2 is 2.12 bits per heavy atom. The molecule has 1 spiro atoms. The van der Waals surface area contributed by atoms with E-state index in [-0.39, 0.29) is 29.8 Å². The Labute approximate surface area is 150 Å². The number of carbonyl (C=O) groups is 2. The molecule has 2 aromatic rings. The molecule has 1 aromatic heterocycles. The van der Waals surface area contributed by atoms with Gasteiger partial charge in [0.25, 0.3) is 5.56 Å². The fraction of sp³-hybridized carbons (Fsp3) is 0.421. The number of aromatic nitrogens is 2. The van der Waals surface area contributed by atoms with Gasteiger partial charge in [-0.3, -0.25) is 19.5 Å². The number of hydrogen-bond donors (Lipinski definition) is 3. The summed E-state index contributed by atoms with van der Waals surface area (Å²) in [6.45, 7) is 2.58. The molecule has 3 N–H and O–H groups in total. The van der Waals surface area contributed by atoms with Gasteiger partial charge in [-0.15, -0.1) is 0 Å². The molecule has 136 valence electrons. The molecule has 26 heavy (non-hydrogen) atoms. The van der Waals surface area contributed by atoms with Gasteiger partial charge in [-0.25, -0.2) is 0 Å². The summed E-state index contributed by atoms with van der Waals surface area (Å²) >= 11 is 0. The van der Waals surface area contributed by atoms with Crippen molar-refractivity contribution < 1.29 is 9.59 Å². The van der Waals surface area contributed by atoms with Crippen molar-refractivity contribution in [1.29, 1.82) is 0 Å². The van der Waals surface area contributed by atoms with E-state index in [1.54, 1.807) is 4.90 Å². The average molecular weight is 354 g/mol. The van der Waals surface area contributed by atoms with E-state index in [2.05, 4.69) is 22.4 Å². The number of rotatable bonds is 4.